The van der Waals surface area contributed by atoms with Crippen molar-refractivity contribution in [2.45, 2.75) is 63.8 Å². The van der Waals surface area contributed by atoms with Gasteiger partial charge in [0.25, 0.3) is 0 Å². The Morgan fingerprint density at radius 2 is 1.78 bits per heavy atom. The quantitative estimate of drug-likeness (QED) is 0.0829. The molecule has 0 saturated heterocycles. The number of aliphatic carboxylic acids is 1. The summed E-state index contributed by atoms with van der Waals surface area (Å²) in [5.41, 5.74) is 4.87. The fraction of sp³-hybridized carbons (Fsp3) is 0.306. The lowest BCUT2D eigenvalue weighted by atomic mass is 9.88. The van der Waals surface area contributed by atoms with Crippen molar-refractivity contribution < 1.29 is 19.5 Å². The zero-order valence-electron chi connectivity index (χ0n) is 26.2. The van der Waals surface area contributed by atoms with Gasteiger partial charge in [-0.1, -0.05) is 87.8 Å². The second-order valence-corrected chi connectivity index (χ2v) is 15.1. The standard InChI is InChI=1S/C36H38ClN3O4S/c1-35(2,3)45-34-29-18-28(43-22-27-15-12-25-8-6-7-9-30(25)39-27)16-17-31(29)40(21-24-10-13-26(37)14-11-24)32(34)19-36(4,5)23-44-38-20-33(41)42/h6-18,20H,19,21-23H2,1-5H3,(H,41,42)/b38-20+. The van der Waals surface area contributed by atoms with Gasteiger partial charge in [-0.15, -0.1) is 11.8 Å². The van der Waals surface area contributed by atoms with Crippen LogP contribution in [0.1, 0.15) is 51.6 Å². The van der Waals surface area contributed by atoms with Crippen molar-refractivity contribution in [1.82, 2.24) is 9.55 Å². The first-order valence-corrected chi connectivity index (χ1v) is 16.0. The Morgan fingerprint density at radius 3 is 2.51 bits per heavy atom. The molecule has 0 aliphatic rings. The number of benzene rings is 3. The first kappa shape index (κ1) is 32.4. The van der Waals surface area contributed by atoms with E-state index in [-0.39, 0.29) is 16.8 Å². The maximum absolute atomic E-state index is 10.9. The van der Waals surface area contributed by atoms with Crippen LogP contribution >= 0.6 is 23.4 Å². The van der Waals surface area contributed by atoms with E-state index in [4.69, 9.17) is 31.3 Å². The van der Waals surface area contributed by atoms with Gasteiger partial charge in [0.2, 0.25) is 0 Å². The molecule has 2 aromatic heterocycles. The van der Waals surface area contributed by atoms with Crippen molar-refractivity contribution in [3.63, 3.8) is 0 Å². The summed E-state index contributed by atoms with van der Waals surface area (Å²) in [7, 11) is 0. The molecule has 7 nitrogen and oxygen atoms in total. The van der Waals surface area contributed by atoms with Crippen LogP contribution in [0.3, 0.4) is 0 Å². The Balaban J connectivity index is 1.54. The molecule has 0 aliphatic heterocycles. The Bertz CT molecular complexity index is 1840. The van der Waals surface area contributed by atoms with Crippen LogP contribution < -0.4 is 4.74 Å². The van der Waals surface area contributed by atoms with Crippen LogP contribution in [0.15, 0.2) is 88.9 Å². The zero-order valence-corrected chi connectivity index (χ0v) is 27.8. The maximum Gasteiger partial charge on any atom is 0.350 e. The lowest BCUT2D eigenvalue weighted by Crippen LogP contribution is -2.24. The number of para-hydroxylation sites is 1. The van der Waals surface area contributed by atoms with Crippen LogP contribution in [-0.2, 0) is 29.2 Å². The van der Waals surface area contributed by atoms with Gasteiger partial charge in [0, 0.05) is 48.6 Å². The van der Waals surface area contributed by atoms with Crippen LogP contribution in [0.5, 0.6) is 5.75 Å². The minimum absolute atomic E-state index is 0.0631. The van der Waals surface area contributed by atoms with E-state index in [9.17, 15) is 4.79 Å². The molecule has 45 heavy (non-hydrogen) atoms. The smallest absolute Gasteiger partial charge is 0.350 e. The Labute approximate surface area is 273 Å². The number of hydrogen-bond donors (Lipinski definition) is 1. The predicted octanol–water partition coefficient (Wildman–Crippen LogP) is 9.02. The second-order valence-electron chi connectivity index (χ2n) is 12.9. The number of halogens is 1. The molecule has 0 unspecified atom stereocenters. The molecule has 5 aromatic rings. The molecule has 0 bridgehead atoms. The molecule has 1 N–H and O–H groups in total. The summed E-state index contributed by atoms with van der Waals surface area (Å²) in [6.07, 6.45) is 1.44. The summed E-state index contributed by atoms with van der Waals surface area (Å²) in [5.74, 6) is -0.372. The molecule has 0 radical (unpaired) electrons. The highest BCUT2D eigenvalue weighted by Gasteiger charge is 2.29. The van der Waals surface area contributed by atoms with E-state index in [2.05, 4.69) is 80.7 Å². The average Bonchev–Trinajstić information content (AvgIpc) is 3.24. The van der Waals surface area contributed by atoms with E-state index in [1.165, 1.54) is 10.6 Å². The molecular formula is C36H38ClN3O4S. The van der Waals surface area contributed by atoms with Gasteiger partial charge in [-0.2, -0.15) is 0 Å². The number of pyridine rings is 1. The van der Waals surface area contributed by atoms with Crippen molar-refractivity contribution in [1.29, 1.82) is 0 Å². The Kier molecular flexibility index (Phi) is 9.75. The van der Waals surface area contributed by atoms with Gasteiger partial charge in [-0.05, 0) is 54.4 Å². The topological polar surface area (TPSA) is 85.9 Å². The third-order valence-corrected chi connectivity index (χ3v) is 8.66. The highest BCUT2D eigenvalue weighted by molar-refractivity contribution is 8.00. The number of ether oxygens (including phenoxy) is 1. The van der Waals surface area contributed by atoms with E-state index in [0.29, 0.717) is 24.6 Å². The van der Waals surface area contributed by atoms with Crippen molar-refractivity contribution >= 4 is 57.4 Å². The average molecular weight is 644 g/mol. The normalized spacial score (nSPS) is 12.3. The number of oxime groups is 1. The number of rotatable bonds is 12. The largest absolute Gasteiger partial charge is 0.487 e. The third-order valence-electron chi connectivity index (χ3n) is 7.14. The highest BCUT2D eigenvalue weighted by Crippen LogP contribution is 2.44. The molecule has 0 amide bonds. The highest BCUT2D eigenvalue weighted by atomic mass is 35.5. The van der Waals surface area contributed by atoms with Crippen molar-refractivity contribution in [3.05, 3.63) is 101 Å². The fourth-order valence-corrected chi connectivity index (χ4v) is 6.45. The number of hydrogen-bond acceptors (Lipinski definition) is 6. The van der Waals surface area contributed by atoms with Gasteiger partial charge in [0.15, 0.2) is 6.21 Å². The number of carbonyl (C=O) groups is 1. The lowest BCUT2D eigenvalue weighted by molar-refractivity contribution is -0.129. The zero-order chi connectivity index (χ0) is 32.2. The number of fused-ring (bicyclic) bond motifs is 2. The van der Waals surface area contributed by atoms with Gasteiger partial charge < -0.3 is 19.2 Å². The van der Waals surface area contributed by atoms with E-state index in [1.54, 1.807) is 0 Å². The van der Waals surface area contributed by atoms with Gasteiger partial charge in [-0.3, -0.25) is 0 Å². The Hall–Kier alpha value is -4.01. The van der Waals surface area contributed by atoms with Crippen molar-refractivity contribution in [3.8, 4) is 5.75 Å². The molecule has 5 rings (SSSR count). The summed E-state index contributed by atoms with van der Waals surface area (Å²) in [6.45, 7) is 12.1. The minimum Gasteiger partial charge on any atom is -0.487 e. The Morgan fingerprint density at radius 1 is 1.02 bits per heavy atom. The van der Waals surface area contributed by atoms with E-state index in [1.807, 2.05) is 54.2 Å². The lowest BCUT2D eigenvalue weighted by Gasteiger charge is -2.26. The van der Waals surface area contributed by atoms with E-state index >= 15 is 0 Å². The first-order valence-electron chi connectivity index (χ1n) is 14.8. The summed E-state index contributed by atoms with van der Waals surface area (Å²) >= 11 is 8.04. The van der Waals surface area contributed by atoms with Crippen LogP contribution in [0, 0.1) is 5.41 Å². The molecule has 2 heterocycles. The fourth-order valence-electron chi connectivity index (χ4n) is 5.14. The monoisotopic (exact) mass is 643 g/mol. The number of carboxylic acids is 1. The number of nitrogens with zero attached hydrogens (tertiary/aromatic N) is 3. The first-order chi connectivity index (χ1) is 21.4. The molecule has 0 fully saturated rings. The molecule has 0 saturated carbocycles. The van der Waals surface area contributed by atoms with Gasteiger partial charge in [-0.25, -0.2) is 9.78 Å². The molecule has 9 heteroatoms. The minimum atomic E-state index is -1.14. The molecule has 3 aromatic carbocycles. The molecule has 0 spiro atoms. The molecule has 234 valence electrons. The number of aromatic nitrogens is 2. The summed E-state index contributed by atoms with van der Waals surface area (Å²) in [5, 5.41) is 15.4. The van der Waals surface area contributed by atoms with Crippen molar-refractivity contribution in [2.75, 3.05) is 6.61 Å². The summed E-state index contributed by atoms with van der Waals surface area (Å²) < 4.78 is 8.62. The van der Waals surface area contributed by atoms with Crippen LogP contribution in [-0.4, -0.2) is 38.2 Å². The summed E-state index contributed by atoms with van der Waals surface area (Å²) in [4.78, 5) is 22.3. The van der Waals surface area contributed by atoms with Gasteiger partial charge >= 0.3 is 5.97 Å². The van der Waals surface area contributed by atoms with Crippen molar-refractivity contribution in [2.24, 2.45) is 10.6 Å². The maximum atomic E-state index is 10.9. The molecule has 0 aliphatic carbocycles. The SMILES string of the molecule is CC(C)(CO/N=C/C(=O)O)Cc1c(SC(C)(C)C)c2cc(OCc3ccc4ccccc4n3)ccc2n1Cc1ccc(Cl)cc1. The number of thioether (sulfide) groups is 1. The van der Waals surface area contributed by atoms with Gasteiger partial charge in [0.1, 0.15) is 19.0 Å². The van der Waals surface area contributed by atoms with E-state index < -0.39 is 5.97 Å². The molecule has 0 atom stereocenters. The van der Waals surface area contributed by atoms with Gasteiger partial charge in [0.05, 0.1) is 11.2 Å². The number of carboxylic acid groups (broad SMARTS) is 1. The molecular weight excluding hydrogens is 606 g/mol. The van der Waals surface area contributed by atoms with E-state index in [0.717, 1.165) is 45.0 Å². The van der Waals surface area contributed by atoms with Crippen LogP contribution in [0.2, 0.25) is 5.02 Å². The third kappa shape index (κ3) is 8.59. The second kappa shape index (κ2) is 13.5. The predicted molar refractivity (Wildman–Crippen MR) is 184 cm³/mol. The van der Waals surface area contributed by atoms with Crippen LogP contribution in [0.25, 0.3) is 21.8 Å². The summed E-state index contributed by atoms with van der Waals surface area (Å²) in [6, 6.07) is 26.4. The van der Waals surface area contributed by atoms with Crippen LogP contribution in [0.4, 0.5) is 0 Å².